The molecule has 0 unspecified atom stereocenters. The summed E-state index contributed by atoms with van der Waals surface area (Å²) < 4.78 is 17.6. The molecule has 84 valence electrons. The van der Waals surface area contributed by atoms with Gasteiger partial charge in [0, 0.05) is 6.54 Å². The van der Waals surface area contributed by atoms with E-state index in [9.17, 15) is 9.18 Å². The lowest BCUT2D eigenvalue weighted by molar-refractivity contribution is 0.0524. The van der Waals surface area contributed by atoms with Gasteiger partial charge in [0.05, 0.1) is 12.2 Å². The van der Waals surface area contributed by atoms with Crippen LogP contribution in [-0.2, 0) is 11.3 Å². The summed E-state index contributed by atoms with van der Waals surface area (Å²) >= 11 is 0. The Balaban J connectivity index is 0.00000196. The highest BCUT2D eigenvalue weighted by Crippen LogP contribution is 2.12. The number of benzene rings is 1. The van der Waals surface area contributed by atoms with E-state index in [0.717, 1.165) is 6.07 Å². The monoisotopic (exact) mass is 233 g/mol. The fourth-order valence-electron chi connectivity index (χ4n) is 1.13. The Morgan fingerprint density at radius 3 is 2.73 bits per heavy atom. The van der Waals surface area contributed by atoms with E-state index in [1.807, 2.05) is 0 Å². The van der Waals surface area contributed by atoms with Crippen LogP contribution >= 0.6 is 12.4 Å². The third kappa shape index (κ3) is 3.49. The first-order valence-electron chi connectivity index (χ1n) is 4.34. The molecule has 0 aromatic heterocycles. The van der Waals surface area contributed by atoms with Crippen LogP contribution in [-0.4, -0.2) is 12.6 Å². The molecule has 1 rings (SSSR count). The van der Waals surface area contributed by atoms with Crippen LogP contribution in [0.25, 0.3) is 0 Å². The fraction of sp³-hybridized carbons (Fsp3) is 0.300. The Kier molecular flexibility index (Phi) is 5.89. The van der Waals surface area contributed by atoms with E-state index < -0.39 is 11.8 Å². The molecular weight excluding hydrogens is 221 g/mol. The standard InChI is InChI=1S/C10H12FNO2.ClH/c1-2-14-10(13)9-5-8(11)4-3-7(9)6-12;/h3-5H,2,6,12H2,1H3;1H. The Hall–Kier alpha value is -1.13. The van der Waals surface area contributed by atoms with E-state index in [2.05, 4.69) is 0 Å². The van der Waals surface area contributed by atoms with Crippen LogP contribution < -0.4 is 5.73 Å². The zero-order chi connectivity index (χ0) is 10.6. The van der Waals surface area contributed by atoms with Gasteiger partial charge in [-0.2, -0.15) is 0 Å². The number of hydrogen-bond donors (Lipinski definition) is 1. The highest BCUT2D eigenvalue weighted by atomic mass is 35.5. The van der Waals surface area contributed by atoms with Gasteiger partial charge >= 0.3 is 5.97 Å². The lowest BCUT2D eigenvalue weighted by Crippen LogP contribution is -2.11. The quantitative estimate of drug-likeness (QED) is 0.811. The molecule has 0 atom stereocenters. The molecule has 1 aromatic carbocycles. The van der Waals surface area contributed by atoms with Gasteiger partial charge in [-0.15, -0.1) is 12.4 Å². The van der Waals surface area contributed by atoms with Crippen LogP contribution in [0.3, 0.4) is 0 Å². The topological polar surface area (TPSA) is 52.3 Å². The molecule has 0 aliphatic carbocycles. The second kappa shape index (κ2) is 6.37. The Morgan fingerprint density at radius 2 is 2.20 bits per heavy atom. The first kappa shape index (κ1) is 13.9. The maximum absolute atomic E-state index is 12.8. The van der Waals surface area contributed by atoms with E-state index >= 15 is 0 Å². The predicted octanol–water partition coefficient (Wildman–Crippen LogP) is 1.88. The molecular formula is C10H13ClFNO2. The van der Waals surface area contributed by atoms with Gasteiger partial charge in [-0.05, 0) is 24.6 Å². The molecule has 0 saturated carbocycles. The van der Waals surface area contributed by atoms with Crippen LogP contribution in [0.4, 0.5) is 4.39 Å². The highest BCUT2D eigenvalue weighted by Gasteiger charge is 2.12. The van der Waals surface area contributed by atoms with Crippen molar-refractivity contribution in [3.8, 4) is 0 Å². The smallest absolute Gasteiger partial charge is 0.338 e. The SMILES string of the molecule is CCOC(=O)c1cc(F)ccc1CN.Cl. The van der Waals surface area contributed by atoms with Crippen molar-refractivity contribution in [3.63, 3.8) is 0 Å². The number of carbonyl (C=O) groups is 1. The van der Waals surface area contributed by atoms with E-state index in [-0.39, 0.29) is 31.1 Å². The number of hydrogen-bond acceptors (Lipinski definition) is 3. The molecule has 3 nitrogen and oxygen atoms in total. The van der Waals surface area contributed by atoms with Crippen molar-refractivity contribution in [2.24, 2.45) is 5.73 Å². The molecule has 0 spiro atoms. The molecule has 5 heteroatoms. The van der Waals surface area contributed by atoms with Gasteiger partial charge in [0.15, 0.2) is 0 Å². The van der Waals surface area contributed by atoms with E-state index in [4.69, 9.17) is 10.5 Å². The van der Waals surface area contributed by atoms with Gasteiger partial charge in [0.25, 0.3) is 0 Å². The molecule has 0 fully saturated rings. The van der Waals surface area contributed by atoms with Crippen LogP contribution in [0.15, 0.2) is 18.2 Å². The van der Waals surface area contributed by atoms with Crippen LogP contribution in [0, 0.1) is 5.82 Å². The summed E-state index contributed by atoms with van der Waals surface area (Å²) in [5.41, 5.74) is 6.20. The summed E-state index contributed by atoms with van der Waals surface area (Å²) in [6.07, 6.45) is 0. The van der Waals surface area contributed by atoms with E-state index in [1.54, 1.807) is 6.92 Å². The third-order valence-electron chi connectivity index (χ3n) is 1.79. The van der Waals surface area contributed by atoms with Crippen molar-refractivity contribution < 1.29 is 13.9 Å². The van der Waals surface area contributed by atoms with Crippen LogP contribution in [0.2, 0.25) is 0 Å². The van der Waals surface area contributed by atoms with Crippen molar-refractivity contribution in [1.82, 2.24) is 0 Å². The van der Waals surface area contributed by atoms with Crippen molar-refractivity contribution in [3.05, 3.63) is 35.1 Å². The largest absolute Gasteiger partial charge is 0.462 e. The number of nitrogens with two attached hydrogens (primary N) is 1. The molecule has 0 heterocycles. The fourth-order valence-corrected chi connectivity index (χ4v) is 1.13. The van der Waals surface area contributed by atoms with E-state index in [0.29, 0.717) is 5.56 Å². The van der Waals surface area contributed by atoms with Crippen LogP contribution in [0.5, 0.6) is 0 Å². The zero-order valence-electron chi connectivity index (χ0n) is 8.33. The molecule has 0 amide bonds. The predicted molar refractivity (Wildman–Crippen MR) is 57.5 cm³/mol. The lowest BCUT2D eigenvalue weighted by atomic mass is 10.1. The minimum Gasteiger partial charge on any atom is -0.462 e. The molecule has 0 radical (unpaired) electrons. The third-order valence-corrected chi connectivity index (χ3v) is 1.79. The molecule has 15 heavy (non-hydrogen) atoms. The summed E-state index contributed by atoms with van der Waals surface area (Å²) in [6.45, 7) is 2.15. The summed E-state index contributed by atoms with van der Waals surface area (Å²) in [6, 6.07) is 3.90. The van der Waals surface area contributed by atoms with Crippen LogP contribution in [0.1, 0.15) is 22.8 Å². The summed E-state index contributed by atoms with van der Waals surface area (Å²) in [7, 11) is 0. The summed E-state index contributed by atoms with van der Waals surface area (Å²) in [5.74, 6) is -1.00. The molecule has 2 N–H and O–H groups in total. The van der Waals surface area contributed by atoms with Gasteiger partial charge in [-0.25, -0.2) is 9.18 Å². The average Bonchev–Trinajstić information content (AvgIpc) is 2.18. The Morgan fingerprint density at radius 1 is 1.53 bits per heavy atom. The second-order valence-corrected chi connectivity index (χ2v) is 2.73. The first-order chi connectivity index (χ1) is 6.69. The van der Waals surface area contributed by atoms with Gasteiger partial charge in [0.2, 0.25) is 0 Å². The number of halogens is 2. The van der Waals surface area contributed by atoms with Crippen molar-refractivity contribution in [2.75, 3.05) is 6.61 Å². The zero-order valence-corrected chi connectivity index (χ0v) is 9.14. The number of carbonyl (C=O) groups excluding carboxylic acids is 1. The van der Waals surface area contributed by atoms with Gasteiger partial charge in [-0.1, -0.05) is 6.07 Å². The second-order valence-electron chi connectivity index (χ2n) is 2.73. The normalized spacial score (nSPS) is 9.27. The van der Waals surface area contributed by atoms with Gasteiger partial charge in [-0.3, -0.25) is 0 Å². The van der Waals surface area contributed by atoms with Crippen molar-refractivity contribution in [2.45, 2.75) is 13.5 Å². The van der Waals surface area contributed by atoms with E-state index in [1.165, 1.54) is 12.1 Å². The summed E-state index contributed by atoms with van der Waals surface area (Å²) in [4.78, 5) is 11.3. The van der Waals surface area contributed by atoms with Gasteiger partial charge in [0.1, 0.15) is 5.82 Å². The molecule has 0 aliphatic heterocycles. The number of esters is 1. The maximum Gasteiger partial charge on any atom is 0.338 e. The van der Waals surface area contributed by atoms with Gasteiger partial charge < -0.3 is 10.5 Å². The molecule has 1 aromatic rings. The first-order valence-corrected chi connectivity index (χ1v) is 4.34. The highest BCUT2D eigenvalue weighted by molar-refractivity contribution is 5.91. The number of rotatable bonds is 3. The van der Waals surface area contributed by atoms with Crippen molar-refractivity contribution in [1.29, 1.82) is 0 Å². The molecule has 0 bridgehead atoms. The molecule has 0 saturated heterocycles. The Bertz CT molecular complexity index is 344. The minimum atomic E-state index is -0.535. The molecule has 0 aliphatic rings. The number of ether oxygens (including phenoxy) is 1. The lowest BCUT2D eigenvalue weighted by Gasteiger charge is -2.06. The summed E-state index contributed by atoms with van der Waals surface area (Å²) in [5, 5.41) is 0. The Labute approximate surface area is 93.8 Å². The van der Waals surface area contributed by atoms with Crippen molar-refractivity contribution >= 4 is 18.4 Å². The maximum atomic E-state index is 12.8. The average molecular weight is 234 g/mol. The minimum absolute atomic E-state index is 0.